The molecule has 27 heavy (non-hydrogen) atoms. The maximum Gasteiger partial charge on any atom is 0.414 e. The summed E-state index contributed by atoms with van der Waals surface area (Å²) in [6.45, 7) is 1.81. The fourth-order valence-electron chi connectivity index (χ4n) is 2.73. The van der Waals surface area contributed by atoms with Gasteiger partial charge in [0, 0.05) is 30.6 Å². The van der Waals surface area contributed by atoms with E-state index in [1.165, 1.54) is 0 Å². The molecule has 0 aliphatic rings. The van der Waals surface area contributed by atoms with E-state index in [-0.39, 0.29) is 24.5 Å². The van der Waals surface area contributed by atoms with Gasteiger partial charge in [0.25, 0.3) is 0 Å². The molecular formula is C19H21N5O3. The molecule has 0 aliphatic heterocycles. The minimum absolute atomic E-state index is 0.0547. The number of ether oxygens (including phenoxy) is 1. The second kappa shape index (κ2) is 8.33. The number of anilines is 1. The molecule has 3 rings (SSSR count). The molecule has 1 amide bonds. The topological polar surface area (TPSA) is 126 Å². The minimum Gasteiger partial charge on any atom is -0.396 e. The number of aliphatic hydroxyl groups is 1. The second-order valence-corrected chi connectivity index (χ2v) is 6.02. The molecule has 8 nitrogen and oxygen atoms in total. The first kappa shape index (κ1) is 18.4. The average molecular weight is 367 g/mol. The number of rotatable bonds is 6. The van der Waals surface area contributed by atoms with Crippen LogP contribution < -0.4 is 15.8 Å². The van der Waals surface area contributed by atoms with Crippen LogP contribution in [0.25, 0.3) is 11.3 Å². The van der Waals surface area contributed by atoms with E-state index < -0.39 is 6.09 Å². The lowest BCUT2D eigenvalue weighted by molar-refractivity contribution is 0.190. The highest BCUT2D eigenvalue weighted by atomic mass is 16.6. The number of aromatic nitrogens is 3. The van der Waals surface area contributed by atoms with Crippen LogP contribution in [0.15, 0.2) is 48.8 Å². The molecule has 3 aromatic rings. The van der Waals surface area contributed by atoms with Crippen LogP contribution in [0.1, 0.15) is 23.6 Å². The number of aliphatic hydroxyl groups excluding tert-OH is 1. The fourth-order valence-corrected chi connectivity index (χ4v) is 2.73. The van der Waals surface area contributed by atoms with Gasteiger partial charge in [-0.25, -0.2) is 14.8 Å². The van der Waals surface area contributed by atoms with Gasteiger partial charge in [0.2, 0.25) is 11.8 Å². The first-order chi connectivity index (χ1) is 13.1. The van der Waals surface area contributed by atoms with Crippen LogP contribution in [0.4, 0.5) is 10.7 Å². The summed E-state index contributed by atoms with van der Waals surface area (Å²) >= 11 is 0. The molecule has 0 saturated carbocycles. The number of hydrogen-bond donors (Lipinski definition) is 4. The molecule has 1 unspecified atom stereocenters. The largest absolute Gasteiger partial charge is 0.414 e. The summed E-state index contributed by atoms with van der Waals surface area (Å²) in [5, 5.41) is 12.0. The molecule has 0 saturated heterocycles. The van der Waals surface area contributed by atoms with Crippen molar-refractivity contribution in [3.8, 4) is 17.1 Å². The maximum absolute atomic E-state index is 12.3. The van der Waals surface area contributed by atoms with Gasteiger partial charge in [-0.1, -0.05) is 30.3 Å². The van der Waals surface area contributed by atoms with Gasteiger partial charge < -0.3 is 25.9 Å². The second-order valence-electron chi connectivity index (χ2n) is 6.02. The van der Waals surface area contributed by atoms with Crippen LogP contribution in [0.5, 0.6) is 5.88 Å². The zero-order chi connectivity index (χ0) is 19.2. The highest BCUT2D eigenvalue weighted by Crippen LogP contribution is 2.25. The molecular weight excluding hydrogens is 346 g/mol. The Morgan fingerprint density at radius 1 is 1.37 bits per heavy atom. The Labute approximate surface area is 156 Å². The van der Waals surface area contributed by atoms with Gasteiger partial charge in [0.15, 0.2) is 0 Å². The number of nitrogens with one attached hydrogen (secondary N) is 2. The van der Waals surface area contributed by atoms with E-state index in [4.69, 9.17) is 10.5 Å². The minimum atomic E-state index is -0.621. The molecule has 1 aromatic carbocycles. The molecule has 2 heterocycles. The summed E-state index contributed by atoms with van der Waals surface area (Å²) in [7, 11) is 0. The zero-order valence-electron chi connectivity index (χ0n) is 14.8. The van der Waals surface area contributed by atoms with E-state index >= 15 is 0 Å². The Morgan fingerprint density at radius 3 is 2.89 bits per heavy atom. The molecule has 2 aromatic heterocycles. The molecule has 1 atom stereocenters. The number of aromatic amines is 1. The number of carbonyl (C=O) groups excluding carboxylic acids is 1. The number of nitrogens with zero attached hydrogens (tertiary/aromatic N) is 2. The lowest BCUT2D eigenvalue weighted by Crippen LogP contribution is -2.31. The number of nitrogen functional groups attached to an aromatic ring is 1. The Bertz CT molecular complexity index is 911. The smallest absolute Gasteiger partial charge is 0.396 e. The Kier molecular flexibility index (Phi) is 5.68. The summed E-state index contributed by atoms with van der Waals surface area (Å²) < 4.78 is 5.32. The van der Waals surface area contributed by atoms with Crippen LogP contribution in [0.3, 0.4) is 0 Å². The molecule has 0 aliphatic carbocycles. The predicted molar refractivity (Wildman–Crippen MR) is 101 cm³/mol. The molecule has 8 heteroatoms. The van der Waals surface area contributed by atoms with E-state index in [2.05, 4.69) is 20.3 Å². The van der Waals surface area contributed by atoms with Crippen LogP contribution >= 0.6 is 0 Å². The van der Waals surface area contributed by atoms with E-state index in [0.29, 0.717) is 12.1 Å². The zero-order valence-corrected chi connectivity index (χ0v) is 14.8. The van der Waals surface area contributed by atoms with Crippen molar-refractivity contribution in [3.63, 3.8) is 0 Å². The number of aryl methyl sites for hydroxylation is 1. The summed E-state index contributed by atoms with van der Waals surface area (Å²) in [6.07, 6.45) is 3.08. The van der Waals surface area contributed by atoms with E-state index in [9.17, 15) is 9.90 Å². The third-order valence-corrected chi connectivity index (χ3v) is 4.03. The number of amides is 1. The summed E-state index contributed by atoms with van der Waals surface area (Å²) in [4.78, 5) is 23.3. The number of nitrogens with two attached hydrogens (primary N) is 1. The number of carbonyl (C=O) groups is 1. The van der Waals surface area contributed by atoms with Gasteiger partial charge in [-0.3, -0.25) is 0 Å². The van der Waals surface area contributed by atoms with Crippen molar-refractivity contribution in [1.82, 2.24) is 20.3 Å². The van der Waals surface area contributed by atoms with Crippen molar-refractivity contribution in [3.05, 3.63) is 59.9 Å². The van der Waals surface area contributed by atoms with Crippen molar-refractivity contribution < 1.29 is 14.6 Å². The first-order valence-electron chi connectivity index (χ1n) is 8.49. The van der Waals surface area contributed by atoms with Crippen molar-refractivity contribution in [2.45, 2.75) is 19.4 Å². The SMILES string of the molecule is Cc1cnc(N)nc1-c1c[nH]c(OC(=O)NC(CCO)c2ccccc2)c1. The number of benzene rings is 1. The van der Waals surface area contributed by atoms with Gasteiger partial charge in [0.1, 0.15) is 0 Å². The van der Waals surface area contributed by atoms with Gasteiger partial charge in [0.05, 0.1) is 11.7 Å². The third kappa shape index (κ3) is 4.62. The van der Waals surface area contributed by atoms with Crippen LogP contribution in [-0.2, 0) is 0 Å². The highest BCUT2D eigenvalue weighted by Gasteiger charge is 2.16. The Morgan fingerprint density at radius 2 is 2.15 bits per heavy atom. The van der Waals surface area contributed by atoms with Gasteiger partial charge in [-0.05, 0) is 24.5 Å². The van der Waals surface area contributed by atoms with E-state index in [1.807, 2.05) is 37.3 Å². The maximum atomic E-state index is 12.3. The number of H-pyrrole nitrogens is 1. The molecule has 5 N–H and O–H groups in total. The van der Waals surface area contributed by atoms with E-state index in [0.717, 1.165) is 16.7 Å². The fraction of sp³-hybridized carbons (Fsp3) is 0.211. The monoisotopic (exact) mass is 367 g/mol. The van der Waals surface area contributed by atoms with Gasteiger partial charge >= 0.3 is 6.09 Å². The van der Waals surface area contributed by atoms with Crippen LogP contribution in [0, 0.1) is 6.92 Å². The Hall–Kier alpha value is -3.39. The molecule has 0 bridgehead atoms. The Balaban J connectivity index is 1.69. The van der Waals surface area contributed by atoms with E-state index in [1.54, 1.807) is 18.5 Å². The van der Waals surface area contributed by atoms with Gasteiger partial charge in [-0.15, -0.1) is 0 Å². The van der Waals surface area contributed by atoms with Gasteiger partial charge in [-0.2, -0.15) is 0 Å². The van der Waals surface area contributed by atoms with Crippen LogP contribution in [0.2, 0.25) is 0 Å². The van der Waals surface area contributed by atoms with Crippen LogP contribution in [-0.4, -0.2) is 32.8 Å². The number of hydrogen-bond acceptors (Lipinski definition) is 6. The molecule has 0 fully saturated rings. The first-order valence-corrected chi connectivity index (χ1v) is 8.49. The lowest BCUT2D eigenvalue weighted by atomic mass is 10.0. The lowest BCUT2D eigenvalue weighted by Gasteiger charge is -2.17. The standard InChI is InChI=1S/C19H21N5O3/c1-12-10-22-18(20)24-17(12)14-9-16(21-11-14)27-19(26)23-15(7-8-25)13-5-3-2-4-6-13/h2-6,9-11,15,21,25H,7-8H2,1H3,(H,23,26)(H2,20,22,24). The summed E-state index contributed by atoms with van der Waals surface area (Å²) in [5.74, 6) is 0.446. The molecule has 0 radical (unpaired) electrons. The van der Waals surface area contributed by atoms with Crippen molar-refractivity contribution in [2.75, 3.05) is 12.3 Å². The van der Waals surface area contributed by atoms with Crippen molar-refractivity contribution in [1.29, 1.82) is 0 Å². The normalized spacial score (nSPS) is 11.8. The predicted octanol–water partition coefficient (Wildman–Crippen LogP) is 2.57. The quantitative estimate of drug-likeness (QED) is 0.530. The third-order valence-electron chi connectivity index (χ3n) is 4.03. The summed E-state index contributed by atoms with van der Waals surface area (Å²) in [6, 6.07) is 10.7. The average Bonchev–Trinajstić information content (AvgIpc) is 3.12. The van der Waals surface area contributed by atoms with Crippen molar-refractivity contribution >= 4 is 12.0 Å². The molecule has 140 valence electrons. The highest BCUT2D eigenvalue weighted by molar-refractivity contribution is 5.72. The molecule has 0 spiro atoms. The summed E-state index contributed by atoms with van der Waals surface area (Å²) in [5.41, 5.74) is 8.79. The van der Waals surface area contributed by atoms with Crippen molar-refractivity contribution in [2.24, 2.45) is 0 Å².